The highest BCUT2D eigenvalue weighted by molar-refractivity contribution is 9.08. The van der Waals surface area contributed by atoms with Crippen LogP contribution in [0.15, 0.2) is 24.3 Å². The summed E-state index contributed by atoms with van der Waals surface area (Å²) in [6.07, 6.45) is 0.935. The number of imide groups is 1. The fourth-order valence-corrected chi connectivity index (χ4v) is 2.13. The molecular formula is C12H13BrN2O2. The summed E-state index contributed by atoms with van der Waals surface area (Å²) in [6, 6.07) is 7.52. The van der Waals surface area contributed by atoms with Gasteiger partial charge in [0.2, 0.25) is 11.8 Å². The van der Waals surface area contributed by atoms with Gasteiger partial charge in [0, 0.05) is 17.4 Å². The molecule has 0 radical (unpaired) electrons. The molecular weight excluding hydrogens is 284 g/mol. The van der Waals surface area contributed by atoms with E-state index >= 15 is 0 Å². The molecule has 4 nitrogen and oxygen atoms in total. The number of carbonyl (C=O) groups is 2. The van der Waals surface area contributed by atoms with E-state index in [2.05, 4.69) is 26.6 Å². The molecule has 5 heteroatoms. The number of amides is 2. The smallest absolute Gasteiger partial charge is 0.249 e. The first-order valence-corrected chi connectivity index (χ1v) is 6.56. The van der Waals surface area contributed by atoms with E-state index in [1.807, 2.05) is 24.3 Å². The van der Waals surface area contributed by atoms with Gasteiger partial charge >= 0.3 is 0 Å². The van der Waals surface area contributed by atoms with Crippen LogP contribution in [0.1, 0.15) is 18.4 Å². The first kappa shape index (κ1) is 12.1. The number of anilines is 1. The molecule has 1 atom stereocenters. The maximum Gasteiger partial charge on any atom is 0.249 e. The number of hydrogen-bond acceptors (Lipinski definition) is 3. The van der Waals surface area contributed by atoms with Crippen LogP contribution in [0.5, 0.6) is 0 Å². The molecule has 1 heterocycles. The first-order valence-electron chi connectivity index (χ1n) is 5.44. The first-order chi connectivity index (χ1) is 8.19. The number of rotatable bonds is 3. The van der Waals surface area contributed by atoms with Crippen molar-refractivity contribution in [2.24, 2.45) is 0 Å². The Balaban J connectivity index is 2.05. The van der Waals surface area contributed by atoms with Crippen LogP contribution >= 0.6 is 15.9 Å². The number of carbonyl (C=O) groups excluding carboxylic acids is 2. The van der Waals surface area contributed by atoms with E-state index < -0.39 is 0 Å². The average molecular weight is 297 g/mol. The minimum atomic E-state index is -0.321. The van der Waals surface area contributed by atoms with Crippen molar-refractivity contribution in [3.63, 3.8) is 0 Å². The molecule has 2 rings (SSSR count). The predicted octanol–water partition coefficient (Wildman–Crippen LogP) is 1.80. The van der Waals surface area contributed by atoms with E-state index in [-0.39, 0.29) is 17.9 Å². The Kier molecular flexibility index (Phi) is 3.78. The molecule has 1 saturated heterocycles. The molecule has 1 aliphatic heterocycles. The second kappa shape index (κ2) is 5.31. The van der Waals surface area contributed by atoms with Gasteiger partial charge in [-0.25, -0.2) is 0 Å². The summed E-state index contributed by atoms with van der Waals surface area (Å²) in [5.74, 6) is -0.437. The lowest BCUT2D eigenvalue weighted by Crippen LogP contribution is -2.47. The zero-order valence-corrected chi connectivity index (χ0v) is 10.8. The highest BCUT2D eigenvalue weighted by Gasteiger charge is 2.26. The van der Waals surface area contributed by atoms with Crippen molar-refractivity contribution < 1.29 is 9.59 Å². The van der Waals surface area contributed by atoms with Crippen LogP contribution in [-0.4, -0.2) is 17.9 Å². The Morgan fingerprint density at radius 2 is 2.24 bits per heavy atom. The number of alkyl halides is 1. The van der Waals surface area contributed by atoms with E-state index in [1.54, 1.807) is 0 Å². The molecule has 0 spiro atoms. The van der Waals surface area contributed by atoms with Gasteiger partial charge in [0.15, 0.2) is 0 Å². The Bertz CT molecular complexity index is 448. The van der Waals surface area contributed by atoms with Gasteiger partial charge < -0.3 is 5.32 Å². The predicted molar refractivity (Wildman–Crippen MR) is 68.9 cm³/mol. The Morgan fingerprint density at radius 1 is 1.41 bits per heavy atom. The molecule has 90 valence electrons. The molecule has 1 aliphatic rings. The number of nitrogens with one attached hydrogen (secondary N) is 2. The molecule has 1 fully saturated rings. The molecule has 1 aromatic carbocycles. The summed E-state index contributed by atoms with van der Waals surface area (Å²) in [5, 5.41) is 6.25. The van der Waals surface area contributed by atoms with Crippen LogP contribution in [0, 0.1) is 0 Å². The van der Waals surface area contributed by atoms with Crippen molar-refractivity contribution in [3.8, 4) is 0 Å². The third kappa shape index (κ3) is 3.06. The second-order valence-corrected chi connectivity index (χ2v) is 4.54. The van der Waals surface area contributed by atoms with E-state index in [0.717, 1.165) is 16.6 Å². The number of benzene rings is 1. The molecule has 1 unspecified atom stereocenters. The molecule has 0 aliphatic carbocycles. The van der Waals surface area contributed by atoms with E-state index in [4.69, 9.17) is 0 Å². The number of piperidine rings is 1. The lowest BCUT2D eigenvalue weighted by Gasteiger charge is -2.22. The van der Waals surface area contributed by atoms with Gasteiger partial charge in [-0.15, -0.1) is 0 Å². The third-order valence-electron chi connectivity index (χ3n) is 2.66. The highest BCUT2D eigenvalue weighted by atomic mass is 79.9. The average Bonchev–Trinajstić information content (AvgIpc) is 2.33. The lowest BCUT2D eigenvalue weighted by molar-refractivity contribution is -0.133. The van der Waals surface area contributed by atoms with Crippen LogP contribution in [0.25, 0.3) is 0 Å². The van der Waals surface area contributed by atoms with Gasteiger partial charge in [-0.1, -0.05) is 28.1 Å². The lowest BCUT2D eigenvalue weighted by atomic mass is 10.1. The maximum absolute atomic E-state index is 11.6. The van der Waals surface area contributed by atoms with Crippen LogP contribution in [-0.2, 0) is 14.9 Å². The summed E-state index contributed by atoms with van der Waals surface area (Å²) in [7, 11) is 0. The minimum Gasteiger partial charge on any atom is -0.374 e. The van der Waals surface area contributed by atoms with E-state index in [1.165, 1.54) is 0 Å². The fourth-order valence-electron chi connectivity index (χ4n) is 1.78. The zero-order chi connectivity index (χ0) is 12.3. The largest absolute Gasteiger partial charge is 0.374 e. The SMILES string of the molecule is O=C1CCC(Nc2cccc(CBr)c2)C(=O)N1. The van der Waals surface area contributed by atoms with Crippen molar-refractivity contribution in [1.29, 1.82) is 0 Å². The Hall–Kier alpha value is -1.36. The zero-order valence-electron chi connectivity index (χ0n) is 9.20. The summed E-state index contributed by atoms with van der Waals surface area (Å²) in [4.78, 5) is 22.6. The molecule has 2 amide bonds. The highest BCUT2D eigenvalue weighted by Crippen LogP contribution is 2.16. The van der Waals surface area contributed by atoms with Crippen molar-refractivity contribution in [2.45, 2.75) is 24.2 Å². The third-order valence-corrected chi connectivity index (χ3v) is 3.31. The summed E-state index contributed by atoms with van der Waals surface area (Å²) in [6.45, 7) is 0. The summed E-state index contributed by atoms with van der Waals surface area (Å²) in [5.41, 5.74) is 2.04. The van der Waals surface area contributed by atoms with Gasteiger partial charge in [0.25, 0.3) is 0 Å². The van der Waals surface area contributed by atoms with Gasteiger partial charge in [-0.2, -0.15) is 0 Å². The van der Waals surface area contributed by atoms with Gasteiger partial charge in [-0.05, 0) is 24.1 Å². The minimum absolute atomic E-state index is 0.192. The van der Waals surface area contributed by atoms with Gasteiger partial charge in [0.1, 0.15) is 6.04 Å². The quantitative estimate of drug-likeness (QED) is 0.660. The van der Waals surface area contributed by atoms with Crippen LogP contribution in [0.2, 0.25) is 0 Å². The molecule has 0 bridgehead atoms. The molecule has 0 saturated carbocycles. The second-order valence-electron chi connectivity index (χ2n) is 3.98. The van der Waals surface area contributed by atoms with Crippen LogP contribution < -0.4 is 10.6 Å². The van der Waals surface area contributed by atoms with E-state index in [9.17, 15) is 9.59 Å². The summed E-state index contributed by atoms with van der Waals surface area (Å²) >= 11 is 3.38. The molecule has 17 heavy (non-hydrogen) atoms. The maximum atomic E-state index is 11.6. The van der Waals surface area contributed by atoms with Gasteiger partial charge in [-0.3, -0.25) is 14.9 Å². The standard InChI is InChI=1S/C12H13BrN2O2/c13-7-8-2-1-3-9(6-8)14-10-4-5-11(16)15-12(10)17/h1-3,6,10,14H,4-5,7H2,(H,15,16,17). The normalized spacial score (nSPS) is 19.9. The van der Waals surface area contributed by atoms with Gasteiger partial charge in [0.05, 0.1) is 0 Å². The van der Waals surface area contributed by atoms with Crippen molar-refractivity contribution >= 4 is 33.4 Å². The topological polar surface area (TPSA) is 58.2 Å². The number of halogens is 1. The van der Waals surface area contributed by atoms with Crippen molar-refractivity contribution in [1.82, 2.24) is 5.32 Å². The molecule has 2 N–H and O–H groups in total. The van der Waals surface area contributed by atoms with Crippen LogP contribution in [0.4, 0.5) is 5.69 Å². The van der Waals surface area contributed by atoms with E-state index in [0.29, 0.717) is 12.8 Å². The van der Waals surface area contributed by atoms with Crippen molar-refractivity contribution in [2.75, 3.05) is 5.32 Å². The molecule has 1 aromatic rings. The van der Waals surface area contributed by atoms with Crippen molar-refractivity contribution in [3.05, 3.63) is 29.8 Å². The Morgan fingerprint density at radius 3 is 2.94 bits per heavy atom. The summed E-state index contributed by atoms with van der Waals surface area (Å²) < 4.78 is 0. The monoisotopic (exact) mass is 296 g/mol. The number of hydrogen-bond donors (Lipinski definition) is 2. The van der Waals surface area contributed by atoms with Crippen LogP contribution in [0.3, 0.4) is 0 Å². The molecule has 0 aromatic heterocycles. The fraction of sp³-hybridized carbons (Fsp3) is 0.333. The Labute approximate surface area is 108 Å².